The summed E-state index contributed by atoms with van der Waals surface area (Å²) in [7, 11) is 1.85. The zero-order valence-corrected chi connectivity index (χ0v) is 9.79. The maximum Gasteiger partial charge on any atom is 0.351 e. The van der Waals surface area contributed by atoms with Crippen LogP contribution in [0.3, 0.4) is 0 Å². The molecule has 0 N–H and O–H groups in total. The summed E-state index contributed by atoms with van der Waals surface area (Å²) in [5, 5.41) is 0. The lowest BCUT2D eigenvalue weighted by Crippen LogP contribution is -2.47. The quantitative estimate of drug-likeness (QED) is 0.524. The first-order chi connectivity index (χ1) is 7.50. The molecule has 0 aliphatic carbocycles. The van der Waals surface area contributed by atoms with E-state index in [0.717, 1.165) is 6.54 Å². The third-order valence-electron chi connectivity index (χ3n) is 2.82. The number of esters is 1. The van der Waals surface area contributed by atoms with E-state index in [1.54, 1.807) is 6.92 Å². The molecule has 0 bridgehead atoms. The van der Waals surface area contributed by atoms with Crippen LogP contribution >= 0.6 is 0 Å². The minimum absolute atomic E-state index is 0.0909. The van der Waals surface area contributed by atoms with Crippen molar-refractivity contribution in [2.24, 2.45) is 0 Å². The average molecular weight is 231 g/mol. The summed E-state index contributed by atoms with van der Waals surface area (Å²) in [6, 6.07) is 0. The van der Waals surface area contributed by atoms with E-state index in [-0.39, 0.29) is 19.4 Å². The van der Waals surface area contributed by atoms with E-state index in [2.05, 4.69) is 4.74 Å². The van der Waals surface area contributed by atoms with Crippen molar-refractivity contribution in [1.82, 2.24) is 4.90 Å². The number of halogens is 1. The largest absolute Gasteiger partial charge is 0.463 e. The van der Waals surface area contributed by atoms with Gasteiger partial charge in [-0.15, -0.1) is 0 Å². The van der Waals surface area contributed by atoms with Gasteiger partial charge in [-0.05, 0) is 26.9 Å². The number of Topliss-reactive ketones (excluding diaryl/α,β-unsaturated/α-hetero) is 1. The van der Waals surface area contributed by atoms with E-state index in [9.17, 15) is 14.0 Å². The van der Waals surface area contributed by atoms with Crippen molar-refractivity contribution in [2.45, 2.75) is 31.9 Å². The van der Waals surface area contributed by atoms with Crippen molar-refractivity contribution < 1.29 is 18.7 Å². The van der Waals surface area contributed by atoms with E-state index in [1.165, 1.54) is 0 Å². The number of hydrogen-bond donors (Lipinski definition) is 0. The molecule has 1 aliphatic rings. The second-order valence-corrected chi connectivity index (χ2v) is 4.10. The summed E-state index contributed by atoms with van der Waals surface area (Å²) in [5.74, 6) is -1.67. The fourth-order valence-corrected chi connectivity index (χ4v) is 1.77. The van der Waals surface area contributed by atoms with Crippen molar-refractivity contribution in [1.29, 1.82) is 0 Å². The van der Waals surface area contributed by atoms with Crippen molar-refractivity contribution in [2.75, 3.05) is 26.7 Å². The molecular weight excluding hydrogens is 213 g/mol. The van der Waals surface area contributed by atoms with Gasteiger partial charge in [-0.1, -0.05) is 0 Å². The number of nitrogens with zero attached hydrogens (tertiary/aromatic N) is 1. The van der Waals surface area contributed by atoms with E-state index >= 15 is 0 Å². The summed E-state index contributed by atoms with van der Waals surface area (Å²) >= 11 is 0. The molecular formula is C11H18FNO3. The molecule has 16 heavy (non-hydrogen) atoms. The van der Waals surface area contributed by atoms with E-state index in [1.807, 2.05) is 11.9 Å². The van der Waals surface area contributed by atoms with E-state index < -0.39 is 17.4 Å². The molecule has 4 nitrogen and oxygen atoms in total. The van der Waals surface area contributed by atoms with Gasteiger partial charge in [-0.3, -0.25) is 4.79 Å². The summed E-state index contributed by atoms with van der Waals surface area (Å²) in [5.41, 5.74) is -2.44. The minimum atomic E-state index is -2.44. The molecule has 0 aromatic heterocycles. The Labute approximate surface area is 94.7 Å². The monoisotopic (exact) mass is 231 g/mol. The van der Waals surface area contributed by atoms with Crippen molar-refractivity contribution in [3.05, 3.63) is 0 Å². The van der Waals surface area contributed by atoms with Crippen LogP contribution < -0.4 is 0 Å². The Bertz CT molecular complexity index is 272. The SMILES string of the molecule is CCOC(=O)C1(F)CCN(C)CCCC1=O. The predicted octanol–water partition coefficient (Wildman–Crippen LogP) is 0.943. The minimum Gasteiger partial charge on any atom is -0.463 e. The molecule has 0 aromatic carbocycles. The molecule has 1 rings (SSSR count). The summed E-state index contributed by atoms with van der Waals surface area (Å²) in [6.45, 7) is 2.83. The third kappa shape index (κ3) is 2.78. The van der Waals surface area contributed by atoms with Gasteiger partial charge in [0.2, 0.25) is 0 Å². The van der Waals surface area contributed by atoms with Crippen molar-refractivity contribution in [3.8, 4) is 0 Å². The van der Waals surface area contributed by atoms with Gasteiger partial charge in [0.25, 0.3) is 5.67 Å². The second kappa shape index (κ2) is 5.39. The van der Waals surface area contributed by atoms with Gasteiger partial charge in [0.05, 0.1) is 6.61 Å². The highest BCUT2D eigenvalue weighted by Crippen LogP contribution is 2.24. The number of carbonyl (C=O) groups is 2. The molecule has 0 amide bonds. The first-order valence-corrected chi connectivity index (χ1v) is 5.58. The first-order valence-electron chi connectivity index (χ1n) is 5.58. The van der Waals surface area contributed by atoms with Crippen LogP contribution in [0.1, 0.15) is 26.2 Å². The molecule has 0 radical (unpaired) electrons. The van der Waals surface area contributed by atoms with Gasteiger partial charge < -0.3 is 9.64 Å². The lowest BCUT2D eigenvalue weighted by atomic mass is 9.91. The summed E-state index contributed by atoms with van der Waals surface area (Å²) in [6.07, 6.45) is 0.571. The molecule has 1 atom stereocenters. The normalized spacial score (nSPS) is 28.3. The van der Waals surface area contributed by atoms with E-state index in [0.29, 0.717) is 13.0 Å². The van der Waals surface area contributed by atoms with Gasteiger partial charge in [0, 0.05) is 19.4 Å². The Kier molecular flexibility index (Phi) is 4.41. The van der Waals surface area contributed by atoms with Crippen LogP contribution in [0.2, 0.25) is 0 Å². The fraction of sp³-hybridized carbons (Fsp3) is 0.818. The topological polar surface area (TPSA) is 46.6 Å². The molecule has 0 aromatic rings. The van der Waals surface area contributed by atoms with Gasteiger partial charge in [-0.25, -0.2) is 9.18 Å². The number of ketones is 1. The molecule has 0 spiro atoms. The second-order valence-electron chi connectivity index (χ2n) is 4.10. The van der Waals surface area contributed by atoms with Crippen LogP contribution in [0.25, 0.3) is 0 Å². The molecule has 1 aliphatic heterocycles. The van der Waals surface area contributed by atoms with E-state index in [4.69, 9.17) is 0 Å². The number of rotatable bonds is 2. The van der Waals surface area contributed by atoms with Gasteiger partial charge >= 0.3 is 5.97 Å². The van der Waals surface area contributed by atoms with Crippen molar-refractivity contribution in [3.63, 3.8) is 0 Å². The smallest absolute Gasteiger partial charge is 0.351 e. The van der Waals surface area contributed by atoms with Crippen LogP contribution in [-0.2, 0) is 14.3 Å². The van der Waals surface area contributed by atoms with Crippen LogP contribution in [0, 0.1) is 0 Å². The Morgan fingerprint density at radius 1 is 1.56 bits per heavy atom. The predicted molar refractivity (Wildman–Crippen MR) is 56.8 cm³/mol. The average Bonchev–Trinajstić information content (AvgIpc) is 2.24. The Balaban J connectivity index is 2.78. The Hall–Kier alpha value is -0.970. The third-order valence-corrected chi connectivity index (χ3v) is 2.82. The highest BCUT2D eigenvalue weighted by molar-refractivity contribution is 6.07. The van der Waals surface area contributed by atoms with Crippen molar-refractivity contribution >= 4 is 11.8 Å². The fourth-order valence-electron chi connectivity index (χ4n) is 1.77. The van der Waals surface area contributed by atoms with Gasteiger partial charge in [0.15, 0.2) is 5.78 Å². The number of likely N-dealkylation sites (tertiary alicyclic amines) is 1. The molecule has 1 heterocycles. The number of carbonyl (C=O) groups excluding carboxylic acids is 2. The highest BCUT2D eigenvalue weighted by Gasteiger charge is 2.47. The summed E-state index contributed by atoms with van der Waals surface area (Å²) < 4.78 is 18.9. The summed E-state index contributed by atoms with van der Waals surface area (Å²) in [4.78, 5) is 25.0. The number of ether oxygens (including phenoxy) is 1. The lowest BCUT2D eigenvalue weighted by Gasteiger charge is -2.27. The molecule has 1 fully saturated rings. The van der Waals surface area contributed by atoms with Crippen LogP contribution in [0.5, 0.6) is 0 Å². The zero-order valence-electron chi connectivity index (χ0n) is 9.79. The van der Waals surface area contributed by atoms with Crippen LogP contribution in [0.4, 0.5) is 4.39 Å². The maximum absolute atomic E-state index is 14.3. The molecule has 92 valence electrons. The van der Waals surface area contributed by atoms with Crippen LogP contribution in [0.15, 0.2) is 0 Å². The molecule has 0 saturated carbocycles. The zero-order chi connectivity index (χ0) is 12.2. The molecule has 1 saturated heterocycles. The van der Waals surface area contributed by atoms with Crippen LogP contribution in [-0.4, -0.2) is 49.1 Å². The maximum atomic E-state index is 14.3. The Morgan fingerprint density at radius 3 is 2.88 bits per heavy atom. The van der Waals surface area contributed by atoms with Gasteiger partial charge in [-0.2, -0.15) is 0 Å². The molecule has 5 heteroatoms. The first kappa shape index (κ1) is 13.1. The highest BCUT2D eigenvalue weighted by atomic mass is 19.1. The Morgan fingerprint density at radius 2 is 2.25 bits per heavy atom. The standard InChI is InChI=1S/C11H18FNO3/c1-3-16-10(15)11(12)6-8-13(2)7-4-5-9(11)14/h3-8H2,1-2H3. The lowest BCUT2D eigenvalue weighted by molar-refractivity contribution is -0.163. The molecule has 1 unspecified atom stereocenters. The van der Waals surface area contributed by atoms with Gasteiger partial charge in [0.1, 0.15) is 0 Å². The number of hydrogen-bond acceptors (Lipinski definition) is 4. The number of alkyl halides is 1.